The van der Waals surface area contributed by atoms with Gasteiger partial charge < -0.3 is 0 Å². The van der Waals surface area contributed by atoms with Gasteiger partial charge in [0, 0.05) is 0 Å². The summed E-state index contributed by atoms with van der Waals surface area (Å²) in [6.07, 6.45) is 0. The molecule has 0 aliphatic carbocycles. The molecular weight excluding hydrogens is 192 g/mol. The summed E-state index contributed by atoms with van der Waals surface area (Å²) in [6, 6.07) is 0. The Morgan fingerprint density at radius 3 is 2.50 bits per heavy atom. The molecule has 0 unspecified atom stereocenters. The van der Waals surface area contributed by atoms with Crippen molar-refractivity contribution in [2.75, 3.05) is 6.54 Å². The molecule has 0 fully saturated rings. The minimum absolute atomic E-state index is 0.799. The van der Waals surface area contributed by atoms with Gasteiger partial charge in [-0.2, -0.15) is 0 Å². The van der Waals surface area contributed by atoms with Crippen LogP contribution in [-0.4, -0.2) is 32.2 Å². The molecule has 0 aromatic carbocycles. The van der Waals surface area contributed by atoms with Gasteiger partial charge in [0.05, 0.1) is 0 Å². The van der Waals surface area contributed by atoms with Crippen LogP contribution >= 0.6 is 0 Å². The Labute approximate surface area is 50.5 Å². The molecule has 0 saturated heterocycles. The van der Waals surface area contributed by atoms with Gasteiger partial charge in [-0.3, -0.25) is 0 Å². The van der Waals surface area contributed by atoms with E-state index in [1.807, 2.05) is 6.92 Å². The zero-order chi connectivity index (χ0) is 4.99. The van der Waals surface area contributed by atoms with E-state index in [-0.39, 0.29) is 0 Å². The third-order valence-electron chi connectivity index (χ3n) is 0.351. The average molecular weight is 200 g/mol. The Bertz CT molecular complexity index is 52.8. The van der Waals surface area contributed by atoms with Gasteiger partial charge in [0.15, 0.2) is 0 Å². The fraction of sp³-hybridized carbons (Fsp3) is 0.667. The van der Waals surface area contributed by atoms with Crippen molar-refractivity contribution in [2.45, 2.75) is 6.92 Å². The van der Waals surface area contributed by atoms with E-state index in [0.717, 1.165) is 10.3 Å². The molecule has 6 heavy (non-hydrogen) atoms. The van der Waals surface area contributed by atoms with Gasteiger partial charge in [0.1, 0.15) is 0 Å². The van der Waals surface area contributed by atoms with Gasteiger partial charge >= 0.3 is 50.1 Å². The van der Waals surface area contributed by atoms with E-state index in [9.17, 15) is 0 Å². The monoisotopic (exact) mass is 202 g/mol. The van der Waals surface area contributed by atoms with Crippen molar-refractivity contribution >= 4 is 25.6 Å². The topological polar surface area (TPSA) is 38.0 Å². The van der Waals surface area contributed by atoms with Gasteiger partial charge in [-0.25, -0.2) is 0 Å². The normalized spacial score (nSPS) is 7.50. The van der Waals surface area contributed by atoms with Crippen LogP contribution in [0.25, 0.3) is 0 Å². The predicted molar refractivity (Wildman–Crippen MR) is 28.6 cm³/mol. The van der Waals surface area contributed by atoms with Crippen LogP contribution in [0.3, 0.4) is 0 Å². The van der Waals surface area contributed by atoms with Crippen LogP contribution in [0, 0.1) is 0 Å². The number of hydrogen-bond acceptors (Lipinski definition) is 2. The summed E-state index contributed by atoms with van der Waals surface area (Å²) in [6.45, 7) is 2.93. The molecule has 0 bridgehead atoms. The number of nitrogens with two attached hydrogens (primary N) is 1. The molecule has 0 spiro atoms. The Kier molecular flexibility index (Phi) is 3.60. The molecule has 0 aromatic heterocycles. The van der Waals surface area contributed by atoms with Gasteiger partial charge in [-0.15, -0.1) is 0 Å². The summed E-state index contributed by atoms with van der Waals surface area (Å²) in [5.74, 6) is 0. The van der Waals surface area contributed by atoms with Gasteiger partial charge in [-0.05, 0) is 0 Å². The second kappa shape index (κ2) is 3.45. The standard InChI is InChI=1S/C3H8N2Te/c1-2-5-3(4)6/h2H2,1H3,(H3,4,5,6). The first kappa shape index (κ1) is 6.26. The predicted octanol–water partition coefficient (Wildman–Crippen LogP) is -1.19. The van der Waals surface area contributed by atoms with E-state index in [1.54, 1.807) is 21.8 Å². The fourth-order valence-corrected chi connectivity index (χ4v) is 0.586. The van der Waals surface area contributed by atoms with E-state index in [1.165, 1.54) is 0 Å². The maximum absolute atomic E-state index is 5.21. The molecule has 3 N–H and O–H groups in total. The molecule has 0 rings (SSSR count). The summed E-state index contributed by atoms with van der Waals surface area (Å²) in [5, 5.41) is 2.91. The minimum atomic E-state index is 0.799. The third-order valence-corrected chi connectivity index (χ3v) is 0.763. The van der Waals surface area contributed by atoms with E-state index < -0.39 is 0 Å². The molecule has 0 atom stereocenters. The van der Waals surface area contributed by atoms with Crippen LogP contribution in [0.4, 0.5) is 0 Å². The molecule has 0 aliphatic rings. The van der Waals surface area contributed by atoms with E-state index in [2.05, 4.69) is 5.32 Å². The molecule has 0 aromatic rings. The van der Waals surface area contributed by atoms with Gasteiger partial charge in [0.2, 0.25) is 0 Å². The Morgan fingerprint density at radius 1 is 2.00 bits per heavy atom. The van der Waals surface area contributed by atoms with Crippen molar-refractivity contribution in [3.63, 3.8) is 0 Å². The Morgan fingerprint density at radius 2 is 2.50 bits per heavy atom. The molecule has 0 radical (unpaired) electrons. The fourth-order valence-electron chi connectivity index (χ4n) is 0.174. The summed E-state index contributed by atoms with van der Waals surface area (Å²) in [7, 11) is 0. The first-order chi connectivity index (χ1) is 2.77. The van der Waals surface area contributed by atoms with Crippen LogP contribution in [0.15, 0.2) is 0 Å². The van der Waals surface area contributed by atoms with Crippen LogP contribution in [-0.2, 0) is 0 Å². The molecule has 0 amide bonds. The summed E-state index contributed by atoms with van der Waals surface area (Å²) < 4.78 is 0.799. The average Bonchev–Trinajstić information content (AvgIpc) is 1.35. The molecule has 2 nitrogen and oxygen atoms in total. The van der Waals surface area contributed by atoms with Crippen molar-refractivity contribution in [2.24, 2.45) is 5.73 Å². The van der Waals surface area contributed by atoms with Crippen LogP contribution in [0.2, 0.25) is 0 Å². The molecular formula is C3H8N2Te. The van der Waals surface area contributed by atoms with E-state index in [4.69, 9.17) is 5.73 Å². The van der Waals surface area contributed by atoms with Crippen LogP contribution in [0.1, 0.15) is 6.92 Å². The Hall–Kier alpha value is 0.260. The molecule has 0 heterocycles. The number of hydrogen-bond donors (Lipinski definition) is 2. The molecule has 0 aliphatic heterocycles. The maximum atomic E-state index is 5.21. The van der Waals surface area contributed by atoms with E-state index >= 15 is 0 Å². The third kappa shape index (κ3) is 4.26. The second-order valence-corrected chi connectivity index (χ2v) is 2.15. The zero-order valence-electron chi connectivity index (χ0n) is 3.69. The summed E-state index contributed by atoms with van der Waals surface area (Å²) in [5.41, 5.74) is 5.21. The zero-order valence-corrected chi connectivity index (χ0v) is 6.02. The molecule has 36 valence electrons. The Balaban J connectivity index is 2.83. The van der Waals surface area contributed by atoms with Crippen LogP contribution in [0.5, 0.6) is 0 Å². The van der Waals surface area contributed by atoms with Gasteiger partial charge in [0.25, 0.3) is 0 Å². The van der Waals surface area contributed by atoms with Crippen molar-refractivity contribution in [1.29, 1.82) is 0 Å². The van der Waals surface area contributed by atoms with E-state index in [0.29, 0.717) is 0 Å². The second-order valence-electron chi connectivity index (χ2n) is 0.895. The SMILES string of the molecule is CCNC(N)=[Te]. The van der Waals surface area contributed by atoms with Crippen molar-refractivity contribution in [1.82, 2.24) is 5.32 Å². The molecule has 0 saturated carbocycles. The van der Waals surface area contributed by atoms with Crippen molar-refractivity contribution in [3.05, 3.63) is 0 Å². The first-order valence-corrected chi connectivity index (χ1v) is 2.97. The summed E-state index contributed by atoms with van der Waals surface area (Å²) >= 11 is 1.77. The van der Waals surface area contributed by atoms with Crippen molar-refractivity contribution < 1.29 is 0 Å². The number of nitrogens with one attached hydrogen (secondary N) is 1. The van der Waals surface area contributed by atoms with Crippen molar-refractivity contribution in [3.8, 4) is 0 Å². The quantitative estimate of drug-likeness (QED) is 0.549. The first-order valence-electron chi connectivity index (χ1n) is 1.80. The molecule has 3 heteroatoms. The summed E-state index contributed by atoms with van der Waals surface area (Å²) in [4.78, 5) is 0. The number of rotatable bonds is 2. The van der Waals surface area contributed by atoms with Crippen LogP contribution < -0.4 is 11.1 Å². The van der Waals surface area contributed by atoms with Gasteiger partial charge in [-0.1, -0.05) is 0 Å².